The van der Waals surface area contributed by atoms with Crippen LogP contribution in [0.5, 0.6) is 0 Å². The number of aromatic nitrogens is 1. The molecule has 2 aliphatic rings. The van der Waals surface area contributed by atoms with Crippen LogP contribution >= 0.6 is 0 Å². The molecule has 20 heavy (non-hydrogen) atoms. The summed E-state index contributed by atoms with van der Waals surface area (Å²) >= 11 is 0. The van der Waals surface area contributed by atoms with Gasteiger partial charge in [-0.15, -0.1) is 0 Å². The molecule has 3 heterocycles. The van der Waals surface area contributed by atoms with E-state index in [2.05, 4.69) is 10.1 Å². The van der Waals surface area contributed by atoms with E-state index in [1.165, 1.54) is 0 Å². The molecule has 0 aromatic carbocycles. The van der Waals surface area contributed by atoms with Gasteiger partial charge in [0, 0.05) is 50.6 Å². The van der Waals surface area contributed by atoms with E-state index in [4.69, 9.17) is 4.52 Å². The third-order valence-corrected chi connectivity index (χ3v) is 4.33. The van der Waals surface area contributed by atoms with Crippen LogP contribution in [0.2, 0.25) is 0 Å². The molecule has 2 fully saturated rings. The van der Waals surface area contributed by atoms with Crippen molar-refractivity contribution in [1.82, 2.24) is 15.0 Å². The summed E-state index contributed by atoms with van der Waals surface area (Å²) in [6, 6.07) is 2.16. The highest BCUT2D eigenvalue weighted by Gasteiger charge is 2.35. The molecule has 110 valence electrons. The highest BCUT2D eigenvalue weighted by Crippen LogP contribution is 2.26. The summed E-state index contributed by atoms with van der Waals surface area (Å²) in [5.74, 6) is 0.0401. The number of amides is 1. The van der Waals surface area contributed by atoms with Gasteiger partial charge in [-0.25, -0.2) is 0 Å². The van der Waals surface area contributed by atoms with Gasteiger partial charge in [-0.05, 0) is 12.8 Å². The fraction of sp³-hybridized carbons (Fsp3) is 0.714. The Morgan fingerprint density at radius 3 is 2.80 bits per heavy atom. The minimum Gasteiger partial charge on any atom is -0.364 e. The smallest absolute Gasteiger partial charge is 0.223 e. The SMILES string of the molecule is O=C1CC(CF)CN1C1CCN(Cc2ccon2)CC1. The molecule has 5 nitrogen and oxygen atoms in total. The lowest BCUT2D eigenvalue weighted by atomic mass is 10.0. The number of nitrogens with zero attached hydrogens (tertiary/aromatic N) is 3. The molecule has 0 N–H and O–H groups in total. The monoisotopic (exact) mass is 281 g/mol. The first-order valence-electron chi connectivity index (χ1n) is 7.23. The summed E-state index contributed by atoms with van der Waals surface area (Å²) in [7, 11) is 0. The Labute approximate surface area is 117 Å². The molecule has 0 radical (unpaired) electrons. The first kappa shape index (κ1) is 13.5. The third-order valence-electron chi connectivity index (χ3n) is 4.33. The fourth-order valence-corrected chi connectivity index (χ4v) is 3.20. The van der Waals surface area contributed by atoms with Crippen LogP contribution in [0.25, 0.3) is 0 Å². The van der Waals surface area contributed by atoms with Crippen LogP contribution in [0.3, 0.4) is 0 Å². The average molecular weight is 281 g/mol. The van der Waals surface area contributed by atoms with Crippen LogP contribution in [0.15, 0.2) is 16.9 Å². The van der Waals surface area contributed by atoms with E-state index < -0.39 is 0 Å². The maximum Gasteiger partial charge on any atom is 0.223 e. The van der Waals surface area contributed by atoms with Crippen LogP contribution in [-0.4, -0.2) is 53.2 Å². The van der Waals surface area contributed by atoms with Crippen molar-refractivity contribution >= 4 is 5.91 Å². The molecule has 1 aromatic heterocycles. The van der Waals surface area contributed by atoms with Crippen molar-refractivity contribution in [2.75, 3.05) is 26.3 Å². The van der Waals surface area contributed by atoms with Crippen molar-refractivity contribution in [3.63, 3.8) is 0 Å². The molecule has 1 aromatic rings. The molecule has 0 saturated carbocycles. The highest BCUT2D eigenvalue weighted by atomic mass is 19.1. The van der Waals surface area contributed by atoms with Crippen molar-refractivity contribution in [2.45, 2.75) is 31.8 Å². The zero-order valence-electron chi connectivity index (χ0n) is 11.5. The number of piperidine rings is 1. The van der Waals surface area contributed by atoms with Gasteiger partial charge in [0.1, 0.15) is 6.26 Å². The van der Waals surface area contributed by atoms with Crippen LogP contribution < -0.4 is 0 Å². The van der Waals surface area contributed by atoms with E-state index in [-0.39, 0.29) is 24.5 Å². The van der Waals surface area contributed by atoms with Crippen LogP contribution in [0.1, 0.15) is 25.0 Å². The molecule has 3 rings (SSSR count). The van der Waals surface area contributed by atoms with E-state index in [1.54, 1.807) is 6.26 Å². The number of halogens is 1. The summed E-state index contributed by atoms with van der Waals surface area (Å²) in [5, 5.41) is 3.92. The summed E-state index contributed by atoms with van der Waals surface area (Å²) in [5.41, 5.74) is 0.943. The molecule has 1 unspecified atom stereocenters. The van der Waals surface area contributed by atoms with Crippen molar-refractivity contribution in [1.29, 1.82) is 0 Å². The molecule has 2 aliphatic heterocycles. The third kappa shape index (κ3) is 2.85. The molecule has 0 aliphatic carbocycles. The van der Waals surface area contributed by atoms with Gasteiger partial charge in [0.25, 0.3) is 0 Å². The number of alkyl halides is 1. The lowest BCUT2D eigenvalue weighted by Crippen LogP contribution is -2.45. The van der Waals surface area contributed by atoms with Gasteiger partial charge in [-0.1, -0.05) is 5.16 Å². The second-order valence-electron chi connectivity index (χ2n) is 5.77. The summed E-state index contributed by atoms with van der Waals surface area (Å²) in [6.07, 6.45) is 3.89. The fourth-order valence-electron chi connectivity index (χ4n) is 3.20. The number of hydrogen-bond donors (Lipinski definition) is 0. The lowest BCUT2D eigenvalue weighted by Gasteiger charge is -2.36. The predicted octanol–water partition coefficient (Wildman–Crippen LogP) is 1.46. The Bertz CT molecular complexity index is 443. The van der Waals surface area contributed by atoms with Crippen molar-refractivity contribution in [3.05, 3.63) is 18.0 Å². The van der Waals surface area contributed by atoms with Gasteiger partial charge in [0.2, 0.25) is 5.91 Å². The van der Waals surface area contributed by atoms with Gasteiger partial charge < -0.3 is 9.42 Å². The standard InChI is InChI=1S/C14H20FN3O2/c15-8-11-7-14(19)18(9-11)13-1-4-17(5-2-13)10-12-3-6-20-16-12/h3,6,11,13H,1-2,4-5,7-10H2. The zero-order valence-corrected chi connectivity index (χ0v) is 11.5. The largest absolute Gasteiger partial charge is 0.364 e. The number of likely N-dealkylation sites (tertiary alicyclic amines) is 2. The van der Waals surface area contributed by atoms with Crippen LogP contribution in [0.4, 0.5) is 4.39 Å². The number of rotatable bonds is 4. The Morgan fingerprint density at radius 1 is 1.40 bits per heavy atom. The maximum atomic E-state index is 12.7. The molecular formula is C14H20FN3O2. The highest BCUT2D eigenvalue weighted by molar-refractivity contribution is 5.79. The van der Waals surface area contributed by atoms with E-state index >= 15 is 0 Å². The summed E-state index contributed by atoms with van der Waals surface area (Å²) < 4.78 is 17.5. The normalized spacial score (nSPS) is 25.6. The number of hydrogen-bond acceptors (Lipinski definition) is 4. The lowest BCUT2D eigenvalue weighted by molar-refractivity contribution is -0.130. The van der Waals surface area contributed by atoms with Crippen molar-refractivity contribution in [3.8, 4) is 0 Å². The second-order valence-corrected chi connectivity index (χ2v) is 5.77. The predicted molar refractivity (Wildman–Crippen MR) is 70.6 cm³/mol. The van der Waals surface area contributed by atoms with E-state index in [0.29, 0.717) is 13.0 Å². The molecule has 0 spiro atoms. The topological polar surface area (TPSA) is 49.6 Å². The van der Waals surface area contributed by atoms with Crippen LogP contribution in [-0.2, 0) is 11.3 Å². The molecule has 2 saturated heterocycles. The minimum atomic E-state index is -0.382. The molecular weight excluding hydrogens is 261 g/mol. The maximum absolute atomic E-state index is 12.7. The van der Waals surface area contributed by atoms with Gasteiger partial charge in [0.05, 0.1) is 12.4 Å². The summed E-state index contributed by atoms with van der Waals surface area (Å²) in [6.45, 7) is 2.91. The second kappa shape index (κ2) is 5.91. The zero-order chi connectivity index (χ0) is 13.9. The van der Waals surface area contributed by atoms with Gasteiger partial charge >= 0.3 is 0 Å². The van der Waals surface area contributed by atoms with E-state index in [9.17, 15) is 9.18 Å². The van der Waals surface area contributed by atoms with Crippen molar-refractivity contribution < 1.29 is 13.7 Å². The van der Waals surface area contributed by atoms with Crippen molar-refractivity contribution in [2.24, 2.45) is 5.92 Å². The number of carbonyl (C=O) groups is 1. The Hall–Kier alpha value is -1.43. The van der Waals surface area contributed by atoms with Gasteiger partial charge in [0.15, 0.2) is 0 Å². The Kier molecular flexibility index (Phi) is 4.00. The van der Waals surface area contributed by atoms with Gasteiger partial charge in [-0.2, -0.15) is 0 Å². The van der Waals surface area contributed by atoms with Crippen LogP contribution in [0, 0.1) is 5.92 Å². The quantitative estimate of drug-likeness (QED) is 0.838. The molecule has 0 bridgehead atoms. The first-order valence-corrected chi connectivity index (χ1v) is 7.23. The van der Waals surface area contributed by atoms with Gasteiger partial charge in [-0.3, -0.25) is 14.1 Å². The summed E-state index contributed by atoms with van der Waals surface area (Å²) in [4.78, 5) is 16.1. The number of carbonyl (C=O) groups excluding carboxylic acids is 1. The minimum absolute atomic E-state index is 0.0874. The molecule has 6 heteroatoms. The Balaban J connectivity index is 1.50. The molecule has 1 amide bonds. The first-order chi connectivity index (χ1) is 9.76. The molecule has 1 atom stereocenters. The average Bonchev–Trinajstić information content (AvgIpc) is 3.09. The van der Waals surface area contributed by atoms with E-state index in [1.807, 2.05) is 11.0 Å². The van der Waals surface area contributed by atoms with E-state index in [0.717, 1.165) is 38.2 Å². The Morgan fingerprint density at radius 2 is 2.20 bits per heavy atom.